The molecule has 0 N–H and O–H groups in total. The van der Waals surface area contributed by atoms with Gasteiger partial charge in [0.25, 0.3) is 0 Å². The molecule has 0 amide bonds. The molecule has 0 bridgehead atoms. The monoisotopic (exact) mass is 394 g/mol. The zero-order chi connectivity index (χ0) is 21.0. The standard InChI is InChI=1S/C22H18O7/c1-4-10-26-19-12-18-20(22(28-14(3)24)21(19)27-13(2)23)16(25)11-17(29-18)15-8-6-5-7-9-15/h4-9,11-12H,1,10H2,2-3H3. The molecule has 7 nitrogen and oxygen atoms in total. The lowest BCUT2D eigenvalue weighted by molar-refractivity contribution is -0.134. The number of hydrogen-bond donors (Lipinski definition) is 0. The summed E-state index contributed by atoms with van der Waals surface area (Å²) >= 11 is 0. The average Bonchev–Trinajstić information content (AvgIpc) is 2.68. The number of carbonyl (C=O) groups is 2. The van der Waals surface area contributed by atoms with Gasteiger partial charge in [0.15, 0.2) is 16.9 Å². The van der Waals surface area contributed by atoms with Gasteiger partial charge in [0.1, 0.15) is 23.3 Å². The highest BCUT2D eigenvalue weighted by Gasteiger charge is 2.24. The number of fused-ring (bicyclic) bond motifs is 1. The van der Waals surface area contributed by atoms with Gasteiger partial charge < -0.3 is 18.6 Å². The minimum absolute atomic E-state index is 0.0397. The van der Waals surface area contributed by atoms with Crippen LogP contribution in [0.3, 0.4) is 0 Å². The largest absolute Gasteiger partial charge is 0.485 e. The van der Waals surface area contributed by atoms with E-state index in [2.05, 4.69) is 6.58 Å². The zero-order valence-electron chi connectivity index (χ0n) is 15.9. The predicted molar refractivity (Wildman–Crippen MR) is 106 cm³/mol. The molecule has 1 aromatic heterocycles. The fourth-order valence-corrected chi connectivity index (χ4v) is 2.73. The number of carbonyl (C=O) groups excluding carboxylic acids is 2. The molecule has 29 heavy (non-hydrogen) atoms. The maximum Gasteiger partial charge on any atom is 0.308 e. The van der Waals surface area contributed by atoms with E-state index in [0.29, 0.717) is 11.3 Å². The van der Waals surface area contributed by atoms with Gasteiger partial charge in [-0.3, -0.25) is 14.4 Å². The van der Waals surface area contributed by atoms with Crippen LogP contribution in [0, 0.1) is 0 Å². The Morgan fingerprint density at radius 3 is 2.31 bits per heavy atom. The van der Waals surface area contributed by atoms with Crippen molar-refractivity contribution in [3.8, 4) is 28.6 Å². The first-order valence-electron chi connectivity index (χ1n) is 8.71. The quantitative estimate of drug-likeness (QED) is 0.356. The second kappa shape index (κ2) is 8.43. The highest BCUT2D eigenvalue weighted by molar-refractivity contribution is 5.93. The third-order valence-corrected chi connectivity index (χ3v) is 3.80. The summed E-state index contributed by atoms with van der Waals surface area (Å²) in [5, 5.41) is -0.0397. The van der Waals surface area contributed by atoms with E-state index in [-0.39, 0.29) is 34.8 Å². The van der Waals surface area contributed by atoms with Gasteiger partial charge in [-0.15, -0.1) is 0 Å². The first-order chi connectivity index (χ1) is 13.9. The molecule has 0 radical (unpaired) electrons. The van der Waals surface area contributed by atoms with Crippen molar-refractivity contribution in [1.29, 1.82) is 0 Å². The summed E-state index contributed by atoms with van der Waals surface area (Å²) in [6.07, 6.45) is 1.49. The minimum Gasteiger partial charge on any atom is -0.485 e. The lowest BCUT2D eigenvalue weighted by atomic mass is 10.1. The van der Waals surface area contributed by atoms with Gasteiger partial charge in [0.2, 0.25) is 5.75 Å². The second-order valence-corrected chi connectivity index (χ2v) is 6.03. The van der Waals surface area contributed by atoms with Crippen LogP contribution in [-0.2, 0) is 9.59 Å². The summed E-state index contributed by atoms with van der Waals surface area (Å²) in [7, 11) is 0. The van der Waals surface area contributed by atoms with Crippen LogP contribution in [-0.4, -0.2) is 18.5 Å². The van der Waals surface area contributed by atoms with Gasteiger partial charge in [0.05, 0.1) is 0 Å². The van der Waals surface area contributed by atoms with E-state index >= 15 is 0 Å². The van der Waals surface area contributed by atoms with Crippen molar-refractivity contribution >= 4 is 22.9 Å². The summed E-state index contributed by atoms with van der Waals surface area (Å²) in [6, 6.07) is 11.7. The lowest BCUT2D eigenvalue weighted by Crippen LogP contribution is -2.12. The topological polar surface area (TPSA) is 92.0 Å². The molecular formula is C22H18O7. The normalized spacial score (nSPS) is 10.4. The maximum absolute atomic E-state index is 12.9. The van der Waals surface area contributed by atoms with E-state index in [1.807, 2.05) is 18.2 Å². The van der Waals surface area contributed by atoms with Gasteiger partial charge in [-0.25, -0.2) is 0 Å². The molecule has 3 rings (SSSR count). The maximum atomic E-state index is 12.9. The van der Waals surface area contributed by atoms with Gasteiger partial charge in [-0.05, 0) is 0 Å². The Bertz CT molecular complexity index is 1140. The van der Waals surface area contributed by atoms with Crippen LogP contribution in [0.2, 0.25) is 0 Å². The Kier molecular flexibility index (Phi) is 5.78. The number of rotatable bonds is 6. The van der Waals surface area contributed by atoms with E-state index in [0.717, 1.165) is 0 Å². The molecule has 148 valence electrons. The number of hydrogen-bond acceptors (Lipinski definition) is 7. The van der Waals surface area contributed by atoms with E-state index < -0.39 is 17.4 Å². The van der Waals surface area contributed by atoms with Crippen molar-refractivity contribution in [2.24, 2.45) is 0 Å². The van der Waals surface area contributed by atoms with Gasteiger partial charge in [0, 0.05) is 31.5 Å². The molecule has 1 heterocycles. The molecule has 0 aliphatic carbocycles. The summed E-state index contributed by atoms with van der Waals surface area (Å²) in [4.78, 5) is 36.2. The van der Waals surface area contributed by atoms with E-state index in [9.17, 15) is 14.4 Å². The van der Waals surface area contributed by atoms with E-state index in [1.54, 1.807) is 12.1 Å². The second-order valence-electron chi connectivity index (χ2n) is 6.03. The molecular weight excluding hydrogens is 376 g/mol. The Morgan fingerprint density at radius 2 is 1.69 bits per heavy atom. The fraction of sp³-hybridized carbons (Fsp3) is 0.136. The van der Waals surface area contributed by atoms with Crippen LogP contribution in [0.1, 0.15) is 13.8 Å². The summed E-state index contributed by atoms with van der Waals surface area (Å²) < 4.78 is 21.9. The van der Waals surface area contributed by atoms with Crippen LogP contribution in [0.15, 0.2) is 64.3 Å². The van der Waals surface area contributed by atoms with Crippen LogP contribution in [0.25, 0.3) is 22.3 Å². The Morgan fingerprint density at radius 1 is 1.03 bits per heavy atom. The SMILES string of the molecule is C=CCOc1cc2oc(-c3ccccc3)cc(=O)c2c(OC(C)=O)c1OC(C)=O. The number of benzene rings is 2. The summed E-state index contributed by atoms with van der Waals surface area (Å²) in [6.45, 7) is 6.01. The van der Waals surface area contributed by atoms with Crippen molar-refractivity contribution in [3.63, 3.8) is 0 Å². The highest BCUT2D eigenvalue weighted by Crippen LogP contribution is 2.43. The van der Waals surface area contributed by atoms with Crippen molar-refractivity contribution in [1.82, 2.24) is 0 Å². The smallest absolute Gasteiger partial charge is 0.308 e. The van der Waals surface area contributed by atoms with Crippen LogP contribution in [0.5, 0.6) is 17.2 Å². The fourth-order valence-electron chi connectivity index (χ4n) is 2.73. The number of ether oxygens (including phenoxy) is 3. The van der Waals surface area contributed by atoms with Crippen molar-refractivity contribution in [3.05, 3.63) is 65.3 Å². The molecule has 0 atom stereocenters. The lowest BCUT2D eigenvalue weighted by Gasteiger charge is -2.16. The molecule has 0 aliphatic heterocycles. The molecule has 3 aromatic rings. The molecule has 0 saturated heterocycles. The van der Waals surface area contributed by atoms with E-state index in [1.165, 1.54) is 32.1 Å². The molecule has 0 saturated carbocycles. The number of esters is 2. The predicted octanol–water partition coefficient (Wildman–Crippen LogP) is 3.88. The Balaban J connectivity index is 2.34. The molecule has 2 aromatic carbocycles. The van der Waals surface area contributed by atoms with E-state index in [4.69, 9.17) is 18.6 Å². The molecule has 0 unspecified atom stereocenters. The van der Waals surface area contributed by atoms with Gasteiger partial charge >= 0.3 is 11.9 Å². The first-order valence-corrected chi connectivity index (χ1v) is 8.71. The Hall–Kier alpha value is -3.87. The minimum atomic E-state index is -0.702. The third-order valence-electron chi connectivity index (χ3n) is 3.80. The van der Waals surface area contributed by atoms with Crippen LogP contribution >= 0.6 is 0 Å². The zero-order valence-corrected chi connectivity index (χ0v) is 15.9. The average molecular weight is 394 g/mol. The van der Waals surface area contributed by atoms with Gasteiger partial charge in [-0.1, -0.05) is 43.0 Å². The van der Waals surface area contributed by atoms with Crippen molar-refractivity contribution in [2.75, 3.05) is 6.61 Å². The third kappa shape index (κ3) is 4.35. The van der Waals surface area contributed by atoms with Crippen molar-refractivity contribution < 1.29 is 28.2 Å². The van der Waals surface area contributed by atoms with Crippen molar-refractivity contribution in [2.45, 2.75) is 13.8 Å². The van der Waals surface area contributed by atoms with Gasteiger partial charge in [-0.2, -0.15) is 0 Å². The molecule has 0 aliphatic rings. The summed E-state index contributed by atoms with van der Waals surface area (Å²) in [5.74, 6) is -1.40. The highest BCUT2D eigenvalue weighted by atomic mass is 16.6. The molecule has 0 spiro atoms. The first kappa shape index (κ1) is 19.9. The molecule has 0 fully saturated rings. The molecule has 7 heteroatoms. The van der Waals surface area contributed by atoms with Crippen LogP contribution < -0.4 is 19.6 Å². The Labute approximate surface area is 166 Å². The van der Waals surface area contributed by atoms with Crippen LogP contribution in [0.4, 0.5) is 0 Å². The summed E-state index contributed by atoms with van der Waals surface area (Å²) in [5.41, 5.74) is 0.339.